The van der Waals surface area contributed by atoms with Gasteiger partial charge in [-0.15, -0.1) is 0 Å². The van der Waals surface area contributed by atoms with E-state index in [1.54, 1.807) is 0 Å². The number of hydrogen-bond acceptors (Lipinski definition) is 7. The molecule has 0 atom stereocenters. The standard InChI is InChI=1S/C18H23ClN6O2/c19-16-17(20)22-12-23-18(16)21-11-13-2-1-3-14(10-13)24-15(26)4-5-25-6-8-27-9-7-25/h1-3,10,12H,4-9,11H2,(H,24,26)(H3,20,21,22,23). The van der Waals surface area contributed by atoms with Crippen LogP contribution >= 0.6 is 11.6 Å². The van der Waals surface area contributed by atoms with Gasteiger partial charge in [-0.3, -0.25) is 9.69 Å². The van der Waals surface area contributed by atoms with Crippen molar-refractivity contribution in [1.82, 2.24) is 14.9 Å². The Morgan fingerprint density at radius 2 is 2.11 bits per heavy atom. The van der Waals surface area contributed by atoms with Crippen molar-refractivity contribution in [3.8, 4) is 0 Å². The van der Waals surface area contributed by atoms with E-state index in [2.05, 4.69) is 25.5 Å². The highest BCUT2D eigenvalue weighted by Gasteiger charge is 2.12. The van der Waals surface area contributed by atoms with E-state index in [9.17, 15) is 4.79 Å². The molecule has 27 heavy (non-hydrogen) atoms. The van der Waals surface area contributed by atoms with Crippen molar-refractivity contribution in [3.63, 3.8) is 0 Å². The lowest BCUT2D eigenvalue weighted by molar-refractivity contribution is -0.116. The van der Waals surface area contributed by atoms with Gasteiger partial charge in [0.15, 0.2) is 5.82 Å². The first kappa shape index (κ1) is 19.3. The summed E-state index contributed by atoms with van der Waals surface area (Å²) < 4.78 is 5.31. The lowest BCUT2D eigenvalue weighted by atomic mass is 10.2. The van der Waals surface area contributed by atoms with Crippen LogP contribution in [0, 0.1) is 0 Å². The van der Waals surface area contributed by atoms with Gasteiger partial charge in [0, 0.05) is 38.3 Å². The fourth-order valence-corrected chi connectivity index (χ4v) is 2.92. The molecule has 3 rings (SSSR count). The number of nitrogen functional groups attached to an aromatic ring is 1. The highest BCUT2D eigenvalue weighted by atomic mass is 35.5. The van der Waals surface area contributed by atoms with Crippen LogP contribution < -0.4 is 16.4 Å². The first-order valence-corrected chi connectivity index (χ1v) is 9.18. The van der Waals surface area contributed by atoms with Crippen LogP contribution in [0.4, 0.5) is 17.3 Å². The first-order valence-electron chi connectivity index (χ1n) is 8.80. The summed E-state index contributed by atoms with van der Waals surface area (Å²) in [6.45, 7) is 4.46. The van der Waals surface area contributed by atoms with Crippen LogP contribution in [0.3, 0.4) is 0 Å². The van der Waals surface area contributed by atoms with Crippen LogP contribution in [0.15, 0.2) is 30.6 Å². The Morgan fingerprint density at radius 3 is 2.93 bits per heavy atom. The molecule has 1 aromatic carbocycles. The summed E-state index contributed by atoms with van der Waals surface area (Å²) in [5.41, 5.74) is 7.41. The molecule has 0 unspecified atom stereocenters. The fraction of sp³-hybridized carbons (Fsp3) is 0.389. The molecule has 1 fully saturated rings. The summed E-state index contributed by atoms with van der Waals surface area (Å²) in [5.74, 6) is 0.706. The van der Waals surface area contributed by atoms with Gasteiger partial charge >= 0.3 is 0 Å². The second-order valence-corrected chi connectivity index (χ2v) is 6.61. The van der Waals surface area contributed by atoms with Gasteiger partial charge in [0.1, 0.15) is 17.2 Å². The maximum atomic E-state index is 12.2. The molecule has 9 heteroatoms. The molecule has 144 valence electrons. The van der Waals surface area contributed by atoms with E-state index in [4.69, 9.17) is 22.1 Å². The van der Waals surface area contributed by atoms with Crippen LogP contribution in [0.1, 0.15) is 12.0 Å². The van der Waals surface area contributed by atoms with E-state index in [-0.39, 0.29) is 11.7 Å². The normalized spacial score (nSPS) is 14.7. The molecule has 2 aromatic rings. The molecule has 1 amide bonds. The van der Waals surface area contributed by atoms with Crippen molar-refractivity contribution >= 4 is 34.8 Å². The van der Waals surface area contributed by atoms with Gasteiger partial charge in [0.05, 0.1) is 13.2 Å². The molecule has 0 saturated carbocycles. The van der Waals surface area contributed by atoms with Gasteiger partial charge < -0.3 is 21.1 Å². The summed E-state index contributed by atoms with van der Waals surface area (Å²) in [5, 5.41) is 6.37. The van der Waals surface area contributed by atoms with E-state index < -0.39 is 0 Å². The van der Waals surface area contributed by atoms with Crippen molar-refractivity contribution in [2.45, 2.75) is 13.0 Å². The van der Waals surface area contributed by atoms with E-state index >= 15 is 0 Å². The average molecular weight is 391 g/mol. The van der Waals surface area contributed by atoms with E-state index in [1.165, 1.54) is 6.33 Å². The molecule has 2 heterocycles. The smallest absolute Gasteiger partial charge is 0.225 e. The van der Waals surface area contributed by atoms with Crippen molar-refractivity contribution in [2.75, 3.05) is 49.2 Å². The zero-order valence-electron chi connectivity index (χ0n) is 14.9. The number of carbonyl (C=O) groups is 1. The van der Waals surface area contributed by atoms with Gasteiger partial charge in [-0.05, 0) is 17.7 Å². The summed E-state index contributed by atoms with van der Waals surface area (Å²) in [7, 11) is 0. The molecule has 0 spiro atoms. The Bertz CT molecular complexity index is 782. The van der Waals surface area contributed by atoms with Crippen molar-refractivity contribution in [2.24, 2.45) is 0 Å². The summed E-state index contributed by atoms with van der Waals surface area (Å²) in [6.07, 6.45) is 1.81. The van der Waals surface area contributed by atoms with Gasteiger partial charge in [-0.25, -0.2) is 9.97 Å². The highest BCUT2D eigenvalue weighted by molar-refractivity contribution is 6.35. The van der Waals surface area contributed by atoms with Crippen LogP contribution in [-0.4, -0.2) is 53.6 Å². The Balaban J connectivity index is 1.50. The van der Waals surface area contributed by atoms with Crippen LogP contribution in [-0.2, 0) is 16.1 Å². The number of nitrogens with zero attached hydrogens (tertiary/aromatic N) is 3. The number of ether oxygens (including phenoxy) is 1. The number of benzene rings is 1. The largest absolute Gasteiger partial charge is 0.382 e. The SMILES string of the molecule is Nc1ncnc(NCc2cccc(NC(=O)CCN3CCOCC3)c2)c1Cl. The van der Waals surface area contributed by atoms with Crippen LogP contribution in [0.25, 0.3) is 0 Å². The minimum absolute atomic E-state index is 0.00165. The molecule has 1 aliphatic rings. The number of rotatable bonds is 7. The monoisotopic (exact) mass is 390 g/mol. The Kier molecular flexibility index (Phi) is 6.80. The van der Waals surface area contributed by atoms with E-state index in [1.807, 2.05) is 24.3 Å². The molecule has 1 saturated heterocycles. The number of amides is 1. The summed E-state index contributed by atoms with van der Waals surface area (Å²) >= 11 is 6.08. The number of halogens is 1. The van der Waals surface area contributed by atoms with Crippen LogP contribution in [0.5, 0.6) is 0 Å². The number of aromatic nitrogens is 2. The second kappa shape index (κ2) is 9.50. The molecule has 0 bridgehead atoms. The Labute approximate surface area is 163 Å². The molecule has 1 aromatic heterocycles. The fourth-order valence-electron chi connectivity index (χ4n) is 2.76. The first-order chi connectivity index (χ1) is 13.1. The summed E-state index contributed by atoms with van der Waals surface area (Å²) in [6, 6.07) is 7.63. The zero-order valence-corrected chi connectivity index (χ0v) is 15.7. The number of hydrogen-bond donors (Lipinski definition) is 3. The quantitative estimate of drug-likeness (QED) is 0.663. The summed E-state index contributed by atoms with van der Waals surface area (Å²) in [4.78, 5) is 22.3. The van der Waals surface area contributed by atoms with Gasteiger partial charge in [-0.2, -0.15) is 0 Å². The highest BCUT2D eigenvalue weighted by Crippen LogP contribution is 2.23. The van der Waals surface area contributed by atoms with Gasteiger partial charge in [0.2, 0.25) is 5.91 Å². The third-order valence-corrected chi connectivity index (χ3v) is 4.62. The second-order valence-electron chi connectivity index (χ2n) is 6.23. The number of carbonyl (C=O) groups excluding carboxylic acids is 1. The van der Waals surface area contributed by atoms with Crippen LogP contribution in [0.2, 0.25) is 5.02 Å². The number of anilines is 3. The van der Waals surface area contributed by atoms with Crippen molar-refractivity contribution in [3.05, 3.63) is 41.2 Å². The van der Waals surface area contributed by atoms with Gasteiger partial charge in [-0.1, -0.05) is 23.7 Å². The van der Waals surface area contributed by atoms with E-state index in [0.29, 0.717) is 23.8 Å². The maximum Gasteiger partial charge on any atom is 0.225 e. The van der Waals surface area contributed by atoms with Crippen molar-refractivity contribution in [1.29, 1.82) is 0 Å². The molecular formula is C18H23ClN6O2. The minimum Gasteiger partial charge on any atom is -0.382 e. The van der Waals surface area contributed by atoms with Crippen molar-refractivity contribution < 1.29 is 9.53 Å². The molecule has 0 aliphatic carbocycles. The van der Waals surface area contributed by atoms with Gasteiger partial charge in [0.25, 0.3) is 0 Å². The Hall–Kier alpha value is -2.42. The lowest BCUT2D eigenvalue weighted by Crippen LogP contribution is -2.38. The predicted octanol–water partition coefficient (Wildman–Crippen LogP) is 1.99. The minimum atomic E-state index is -0.00165. The molecular weight excluding hydrogens is 368 g/mol. The molecule has 1 aliphatic heterocycles. The number of nitrogens with two attached hydrogens (primary N) is 1. The molecule has 8 nitrogen and oxygen atoms in total. The molecule has 4 N–H and O–H groups in total. The number of nitrogens with one attached hydrogen (secondary N) is 2. The maximum absolute atomic E-state index is 12.2. The third-order valence-electron chi connectivity index (χ3n) is 4.25. The topological polar surface area (TPSA) is 105 Å². The predicted molar refractivity (Wildman–Crippen MR) is 106 cm³/mol. The lowest BCUT2D eigenvalue weighted by Gasteiger charge is -2.26. The third kappa shape index (κ3) is 5.78. The number of morpholine rings is 1. The molecule has 0 radical (unpaired) electrons. The average Bonchev–Trinajstić information content (AvgIpc) is 2.69. The zero-order chi connectivity index (χ0) is 19.1. The Morgan fingerprint density at radius 1 is 1.30 bits per heavy atom. The van der Waals surface area contributed by atoms with E-state index in [0.717, 1.165) is 44.1 Å².